The van der Waals surface area contributed by atoms with E-state index in [0.29, 0.717) is 35.5 Å². The SMILES string of the molecule is CN(C)C(=O)c1ccc(N2CCC(CC3CCN(S(=O)(=O)c4cccc(OC(F)F)c4)CC3)CC2)cc1Cl. The number of hydrogen-bond donors (Lipinski definition) is 0. The Hall–Kier alpha value is -2.43. The maximum absolute atomic E-state index is 13.1. The van der Waals surface area contributed by atoms with Gasteiger partial charge in [0.2, 0.25) is 10.0 Å². The summed E-state index contributed by atoms with van der Waals surface area (Å²) in [5.41, 5.74) is 1.52. The zero-order valence-corrected chi connectivity index (χ0v) is 23.2. The van der Waals surface area contributed by atoms with Gasteiger partial charge in [-0.25, -0.2) is 8.42 Å². The van der Waals surface area contributed by atoms with Crippen molar-refractivity contribution in [1.82, 2.24) is 9.21 Å². The topological polar surface area (TPSA) is 70.2 Å². The van der Waals surface area contributed by atoms with Crippen molar-refractivity contribution in [3.63, 3.8) is 0 Å². The van der Waals surface area contributed by atoms with Gasteiger partial charge < -0.3 is 14.5 Å². The summed E-state index contributed by atoms with van der Waals surface area (Å²) in [6.45, 7) is -0.351. The van der Waals surface area contributed by atoms with Crippen LogP contribution in [-0.4, -0.2) is 70.4 Å². The normalized spacial score (nSPS) is 18.1. The van der Waals surface area contributed by atoms with E-state index in [4.69, 9.17) is 11.6 Å². The number of benzene rings is 2. The van der Waals surface area contributed by atoms with Crippen molar-refractivity contribution in [2.24, 2.45) is 11.8 Å². The minimum Gasteiger partial charge on any atom is -0.435 e. The molecule has 7 nitrogen and oxygen atoms in total. The summed E-state index contributed by atoms with van der Waals surface area (Å²) >= 11 is 6.40. The first kappa shape index (κ1) is 28.6. The molecule has 1 amide bonds. The second kappa shape index (κ2) is 12.2. The van der Waals surface area contributed by atoms with Gasteiger partial charge in [0.25, 0.3) is 5.91 Å². The van der Waals surface area contributed by atoms with Gasteiger partial charge in [0.05, 0.1) is 15.5 Å². The zero-order valence-electron chi connectivity index (χ0n) is 21.7. The molecule has 11 heteroatoms. The number of alkyl halides is 2. The van der Waals surface area contributed by atoms with E-state index < -0.39 is 16.6 Å². The highest BCUT2D eigenvalue weighted by molar-refractivity contribution is 7.89. The van der Waals surface area contributed by atoms with E-state index in [-0.39, 0.29) is 16.6 Å². The summed E-state index contributed by atoms with van der Waals surface area (Å²) in [5, 5.41) is 0.457. The molecule has 2 heterocycles. The molecule has 2 saturated heterocycles. The van der Waals surface area contributed by atoms with Crippen molar-refractivity contribution in [3.8, 4) is 5.75 Å². The molecular formula is C27H34ClF2N3O4S. The largest absolute Gasteiger partial charge is 0.435 e. The summed E-state index contributed by atoms with van der Waals surface area (Å²) in [7, 11) is -0.361. The van der Waals surface area contributed by atoms with Gasteiger partial charge in [-0.15, -0.1) is 0 Å². The summed E-state index contributed by atoms with van der Waals surface area (Å²) in [5.74, 6) is 0.751. The van der Waals surface area contributed by atoms with Crippen LogP contribution >= 0.6 is 11.6 Å². The average Bonchev–Trinajstić information content (AvgIpc) is 2.89. The van der Waals surface area contributed by atoms with Crippen molar-refractivity contribution in [2.45, 2.75) is 43.6 Å². The fourth-order valence-electron chi connectivity index (χ4n) is 5.36. The Morgan fingerprint density at radius 2 is 1.66 bits per heavy atom. The predicted molar refractivity (Wildman–Crippen MR) is 144 cm³/mol. The number of nitrogens with zero attached hydrogens (tertiary/aromatic N) is 3. The number of carbonyl (C=O) groups is 1. The van der Waals surface area contributed by atoms with Gasteiger partial charge >= 0.3 is 6.61 Å². The Labute approximate surface area is 228 Å². The van der Waals surface area contributed by atoms with Crippen LogP contribution in [0.1, 0.15) is 42.5 Å². The first-order chi connectivity index (χ1) is 18.0. The molecule has 0 atom stereocenters. The lowest BCUT2D eigenvalue weighted by atomic mass is 9.83. The summed E-state index contributed by atoms with van der Waals surface area (Å²) in [4.78, 5) is 16.0. The van der Waals surface area contributed by atoms with Crippen molar-refractivity contribution < 1.29 is 26.7 Å². The Morgan fingerprint density at radius 1 is 1.03 bits per heavy atom. The molecular weight excluding hydrogens is 536 g/mol. The van der Waals surface area contributed by atoms with Crippen LogP contribution in [0.25, 0.3) is 0 Å². The number of carbonyl (C=O) groups excluding carboxylic acids is 1. The Kier molecular flexibility index (Phi) is 9.15. The van der Waals surface area contributed by atoms with Gasteiger partial charge in [-0.3, -0.25) is 4.79 Å². The van der Waals surface area contributed by atoms with Crippen LogP contribution in [0.4, 0.5) is 14.5 Å². The van der Waals surface area contributed by atoms with E-state index in [9.17, 15) is 22.0 Å². The van der Waals surface area contributed by atoms with Crippen LogP contribution in [0.15, 0.2) is 47.4 Å². The molecule has 2 aromatic rings. The molecule has 38 heavy (non-hydrogen) atoms. The van der Waals surface area contributed by atoms with Gasteiger partial charge in [-0.2, -0.15) is 13.1 Å². The fourth-order valence-corrected chi connectivity index (χ4v) is 7.12. The van der Waals surface area contributed by atoms with Crippen LogP contribution in [0, 0.1) is 11.8 Å². The van der Waals surface area contributed by atoms with Gasteiger partial charge in [0.1, 0.15) is 5.75 Å². The Balaban J connectivity index is 1.26. The maximum Gasteiger partial charge on any atom is 0.387 e. The lowest BCUT2D eigenvalue weighted by Gasteiger charge is -2.37. The number of sulfonamides is 1. The second-order valence-electron chi connectivity index (χ2n) is 10.2. The first-order valence-electron chi connectivity index (χ1n) is 12.9. The number of amides is 1. The molecule has 0 saturated carbocycles. The molecule has 0 aliphatic carbocycles. The second-order valence-corrected chi connectivity index (χ2v) is 12.6. The third-order valence-corrected chi connectivity index (χ3v) is 9.68. The van der Waals surface area contributed by atoms with Crippen molar-refractivity contribution in [2.75, 3.05) is 45.2 Å². The highest BCUT2D eigenvalue weighted by Crippen LogP contribution is 2.34. The molecule has 0 aromatic heterocycles. The third kappa shape index (κ3) is 6.76. The van der Waals surface area contributed by atoms with Crippen LogP contribution < -0.4 is 9.64 Å². The lowest BCUT2D eigenvalue weighted by molar-refractivity contribution is -0.0500. The third-order valence-electron chi connectivity index (χ3n) is 7.48. The molecule has 4 rings (SSSR count). The summed E-state index contributed by atoms with van der Waals surface area (Å²) in [6, 6.07) is 10.9. The van der Waals surface area contributed by atoms with Crippen molar-refractivity contribution in [3.05, 3.63) is 53.1 Å². The van der Waals surface area contributed by atoms with E-state index in [1.54, 1.807) is 20.2 Å². The van der Waals surface area contributed by atoms with E-state index in [1.807, 2.05) is 12.1 Å². The molecule has 0 unspecified atom stereocenters. The quantitative estimate of drug-likeness (QED) is 0.429. The molecule has 0 spiro atoms. The van der Waals surface area contributed by atoms with Crippen LogP contribution in [0.2, 0.25) is 5.02 Å². The predicted octanol–water partition coefficient (Wildman–Crippen LogP) is 5.35. The highest BCUT2D eigenvalue weighted by Gasteiger charge is 2.31. The minimum atomic E-state index is -3.76. The van der Waals surface area contributed by atoms with E-state index >= 15 is 0 Å². The van der Waals surface area contributed by atoms with Crippen LogP contribution in [0.5, 0.6) is 5.75 Å². The van der Waals surface area contributed by atoms with E-state index in [2.05, 4.69) is 9.64 Å². The minimum absolute atomic E-state index is 0.0271. The van der Waals surface area contributed by atoms with Gasteiger partial charge in [-0.1, -0.05) is 17.7 Å². The number of ether oxygens (including phenoxy) is 1. The molecule has 2 fully saturated rings. The zero-order chi connectivity index (χ0) is 27.4. The van der Waals surface area contributed by atoms with Crippen LogP contribution in [-0.2, 0) is 10.0 Å². The number of anilines is 1. The molecule has 0 N–H and O–H groups in total. The van der Waals surface area contributed by atoms with Gasteiger partial charge in [-0.05, 0) is 74.3 Å². The molecule has 2 aliphatic heterocycles. The Bertz CT molecular complexity index is 1230. The molecule has 0 bridgehead atoms. The highest BCUT2D eigenvalue weighted by atomic mass is 35.5. The number of piperidine rings is 2. The fraction of sp³-hybridized carbons (Fsp3) is 0.519. The molecule has 0 radical (unpaired) electrons. The van der Waals surface area contributed by atoms with Gasteiger partial charge in [0, 0.05) is 52.0 Å². The van der Waals surface area contributed by atoms with Crippen molar-refractivity contribution in [1.29, 1.82) is 0 Å². The smallest absolute Gasteiger partial charge is 0.387 e. The number of halogens is 3. The molecule has 208 valence electrons. The van der Waals surface area contributed by atoms with E-state index in [1.165, 1.54) is 27.4 Å². The van der Waals surface area contributed by atoms with Gasteiger partial charge in [0.15, 0.2) is 0 Å². The summed E-state index contributed by atoms with van der Waals surface area (Å²) < 4.78 is 57.0. The van der Waals surface area contributed by atoms with E-state index in [0.717, 1.165) is 56.9 Å². The van der Waals surface area contributed by atoms with Crippen molar-refractivity contribution >= 4 is 33.2 Å². The molecule has 2 aromatic carbocycles. The molecule has 2 aliphatic rings. The Morgan fingerprint density at radius 3 is 2.24 bits per heavy atom. The monoisotopic (exact) mass is 569 g/mol. The van der Waals surface area contributed by atoms with Crippen LogP contribution in [0.3, 0.4) is 0 Å². The number of hydrogen-bond acceptors (Lipinski definition) is 5. The first-order valence-corrected chi connectivity index (χ1v) is 14.7. The summed E-state index contributed by atoms with van der Waals surface area (Å²) in [6.07, 6.45) is 4.72. The number of rotatable bonds is 8. The standard InChI is InChI=1S/C27H34ClF2N3O4S/c1-31(2)26(34)24-7-6-21(17-25(24)28)32-12-8-19(9-13-32)16-20-10-14-33(15-11-20)38(35,36)23-5-3-4-22(18-23)37-27(29)30/h3-7,17-20,27H,8-16H2,1-2H3. The average molecular weight is 570 g/mol. The lowest BCUT2D eigenvalue weighted by Crippen LogP contribution is -2.39. The maximum atomic E-state index is 13.1.